The Morgan fingerprint density at radius 1 is 1.08 bits per heavy atom. The molecule has 1 fully saturated rings. The quantitative estimate of drug-likeness (QED) is 0.421. The molecule has 72 valence electrons. The predicted octanol–water partition coefficient (Wildman–Crippen LogP) is -0.992. The van der Waals surface area contributed by atoms with Crippen LogP contribution < -0.4 is 0 Å². The Morgan fingerprint density at radius 3 is 1.92 bits per heavy atom. The second-order valence-electron chi connectivity index (χ2n) is 2.71. The summed E-state index contributed by atoms with van der Waals surface area (Å²) in [5.74, 6) is -0.579. The third kappa shape index (κ3) is 2.17. The van der Waals surface area contributed by atoms with Crippen molar-refractivity contribution >= 4 is 18.3 Å². The summed E-state index contributed by atoms with van der Waals surface area (Å²) in [6.07, 6.45) is -0.741. The van der Waals surface area contributed by atoms with Crippen LogP contribution in [0.1, 0.15) is 0 Å². The topological polar surface area (TPSA) is 77.9 Å². The number of aldehydes is 1. The van der Waals surface area contributed by atoms with Crippen LogP contribution >= 0.6 is 0 Å². The lowest BCUT2D eigenvalue weighted by molar-refractivity contribution is -0.139. The molecule has 0 radical (unpaired) electrons. The van der Waals surface area contributed by atoms with Gasteiger partial charge < -0.3 is 14.9 Å². The molecule has 6 heteroatoms. The van der Waals surface area contributed by atoms with E-state index in [0.717, 1.165) is 0 Å². The maximum Gasteiger partial charge on any atom is 0.407 e. The zero-order valence-electron chi connectivity index (χ0n) is 6.97. The summed E-state index contributed by atoms with van der Waals surface area (Å²) in [7, 11) is 0. The summed E-state index contributed by atoms with van der Waals surface area (Å²) in [6, 6.07) is 0. The van der Waals surface area contributed by atoms with Crippen LogP contribution in [0.4, 0.5) is 4.79 Å². The highest BCUT2D eigenvalue weighted by atomic mass is 16.4. The number of nitrogens with zero attached hydrogens (tertiary/aromatic N) is 2. The average molecular weight is 186 g/mol. The van der Waals surface area contributed by atoms with E-state index in [1.807, 2.05) is 0 Å². The molecule has 0 bridgehead atoms. The normalized spacial score (nSPS) is 16.9. The van der Waals surface area contributed by atoms with Crippen LogP contribution in [0.15, 0.2) is 0 Å². The number of amides is 2. The molecular weight excluding hydrogens is 176 g/mol. The van der Waals surface area contributed by atoms with E-state index in [4.69, 9.17) is 5.11 Å². The second kappa shape index (κ2) is 3.88. The zero-order chi connectivity index (χ0) is 9.84. The number of carbonyl (C=O) groups is 3. The second-order valence-corrected chi connectivity index (χ2v) is 2.71. The molecule has 1 saturated heterocycles. The molecule has 0 unspecified atom stereocenters. The van der Waals surface area contributed by atoms with Gasteiger partial charge in [-0.05, 0) is 0 Å². The highest BCUT2D eigenvalue weighted by Crippen LogP contribution is 2.01. The van der Waals surface area contributed by atoms with Gasteiger partial charge in [0.15, 0.2) is 0 Å². The molecule has 1 aliphatic rings. The van der Waals surface area contributed by atoms with E-state index >= 15 is 0 Å². The molecule has 0 aliphatic carbocycles. The van der Waals surface area contributed by atoms with Gasteiger partial charge in [0, 0.05) is 26.2 Å². The van der Waals surface area contributed by atoms with E-state index in [2.05, 4.69) is 0 Å². The largest absolute Gasteiger partial charge is 0.465 e. The van der Waals surface area contributed by atoms with E-state index in [-0.39, 0.29) is 19.4 Å². The minimum absolute atomic E-state index is 0.246. The van der Waals surface area contributed by atoms with Crippen molar-refractivity contribution in [2.24, 2.45) is 0 Å². The van der Waals surface area contributed by atoms with Crippen molar-refractivity contribution in [1.82, 2.24) is 9.80 Å². The molecule has 1 N–H and O–H groups in total. The summed E-state index contributed by atoms with van der Waals surface area (Å²) < 4.78 is 0. The fourth-order valence-corrected chi connectivity index (χ4v) is 1.19. The first kappa shape index (κ1) is 9.50. The molecule has 1 rings (SSSR count). The number of carbonyl (C=O) groups excluding carboxylic acids is 2. The van der Waals surface area contributed by atoms with Gasteiger partial charge in [-0.25, -0.2) is 4.79 Å². The van der Waals surface area contributed by atoms with Gasteiger partial charge in [-0.15, -0.1) is 0 Å². The number of hydrogen-bond donors (Lipinski definition) is 1. The minimum atomic E-state index is -0.988. The number of hydrogen-bond acceptors (Lipinski definition) is 3. The third-order valence-corrected chi connectivity index (χ3v) is 1.96. The molecule has 0 spiro atoms. The zero-order valence-corrected chi connectivity index (χ0v) is 6.97. The molecule has 13 heavy (non-hydrogen) atoms. The van der Waals surface area contributed by atoms with Crippen LogP contribution in [-0.4, -0.2) is 59.4 Å². The minimum Gasteiger partial charge on any atom is -0.465 e. The van der Waals surface area contributed by atoms with E-state index in [1.54, 1.807) is 0 Å². The van der Waals surface area contributed by atoms with Crippen LogP contribution in [0.25, 0.3) is 0 Å². The fraction of sp³-hybridized carbons (Fsp3) is 0.571. The molecule has 0 atom stereocenters. The van der Waals surface area contributed by atoms with E-state index in [9.17, 15) is 14.4 Å². The molecule has 1 heterocycles. The number of piperazine rings is 1. The van der Waals surface area contributed by atoms with Crippen molar-refractivity contribution in [3.05, 3.63) is 0 Å². The first-order chi connectivity index (χ1) is 6.15. The molecule has 2 amide bonds. The van der Waals surface area contributed by atoms with Gasteiger partial charge in [0.1, 0.15) is 0 Å². The summed E-state index contributed by atoms with van der Waals surface area (Å²) >= 11 is 0. The average Bonchev–Trinajstić information content (AvgIpc) is 2.17. The van der Waals surface area contributed by atoms with Gasteiger partial charge in [0.05, 0.1) is 0 Å². The molecular formula is C7H10N2O4. The smallest absolute Gasteiger partial charge is 0.407 e. The molecule has 0 saturated carbocycles. The van der Waals surface area contributed by atoms with Crippen LogP contribution in [0.2, 0.25) is 0 Å². The lowest BCUT2D eigenvalue weighted by Gasteiger charge is -2.31. The van der Waals surface area contributed by atoms with Crippen molar-refractivity contribution < 1.29 is 19.5 Å². The van der Waals surface area contributed by atoms with Crippen molar-refractivity contribution in [2.75, 3.05) is 26.2 Å². The lowest BCUT2D eigenvalue weighted by Crippen LogP contribution is -2.50. The van der Waals surface area contributed by atoms with Crippen LogP contribution in [0.5, 0.6) is 0 Å². The van der Waals surface area contributed by atoms with Crippen LogP contribution in [-0.2, 0) is 9.59 Å². The SMILES string of the molecule is O=CC(=O)N1CCN(C(=O)O)CC1. The van der Waals surface area contributed by atoms with Gasteiger partial charge in [-0.3, -0.25) is 9.59 Å². The summed E-state index contributed by atoms with van der Waals surface area (Å²) in [4.78, 5) is 33.9. The van der Waals surface area contributed by atoms with Crippen molar-refractivity contribution in [3.8, 4) is 0 Å². The standard InChI is InChI=1S/C7H10N2O4/c10-5-6(11)8-1-3-9(4-2-8)7(12)13/h5H,1-4H2,(H,12,13). The predicted molar refractivity (Wildman–Crippen MR) is 42.2 cm³/mol. The highest BCUT2D eigenvalue weighted by Gasteiger charge is 2.22. The Morgan fingerprint density at radius 2 is 1.54 bits per heavy atom. The van der Waals surface area contributed by atoms with Gasteiger partial charge in [-0.1, -0.05) is 0 Å². The Hall–Kier alpha value is -1.59. The van der Waals surface area contributed by atoms with E-state index < -0.39 is 12.0 Å². The molecule has 6 nitrogen and oxygen atoms in total. The van der Waals surface area contributed by atoms with Crippen LogP contribution in [0.3, 0.4) is 0 Å². The summed E-state index contributed by atoms with van der Waals surface area (Å²) in [6.45, 7) is 1.14. The van der Waals surface area contributed by atoms with Gasteiger partial charge in [-0.2, -0.15) is 0 Å². The number of carboxylic acid groups (broad SMARTS) is 1. The Labute approximate surface area is 74.7 Å². The van der Waals surface area contributed by atoms with Gasteiger partial charge in [0.2, 0.25) is 6.29 Å². The van der Waals surface area contributed by atoms with Crippen molar-refractivity contribution in [3.63, 3.8) is 0 Å². The third-order valence-electron chi connectivity index (χ3n) is 1.96. The fourth-order valence-electron chi connectivity index (χ4n) is 1.19. The maximum absolute atomic E-state index is 10.8. The summed E-state index contributed by atoms with van der Waals surface area (Å²) in [5, 5.41) is 8.57. The van der Waals surface area contributed by atoms with Crippen molar-refractivity contribution in [1.29, 1.82) is 0 Å². The van der Waals surface area contributed by atoms with E-state index in [0.29, 0.717) is 13.1 Å². The van der Waals surface area contributed by atoms with E-state index in [1.165, 1.54) is 9.80 Å². The first-order valence-electron chi connectivity index (χ1n) is 3.87. The maximum atomic E-state index is 10.8. The molecule has 0 aromatic carbocycles. The Kier molecular flexibility index (Phi) is 2.84. The van der Waals surface area contributed by atoms with Gasteiger partial charge in [0.25, 0.3) is 5.91 Å². The lowest BCUT2D eigenvalue weighted by atomic mass is 10.3. The first-order valence-corrected chi connectivity index (χ1v) is 3.87. The molecule has 0 aromatic heterocycles. The Balaban J connectivity index is 2.43. The monoisotopic (exact) mass is 186 g/mol. The van der Waals surface area contributed by atoms with Crippen molar-refractivity contribution in [2.45, 2.75) is 0 Å². The summed E-state index contributed by atoms with van der Waals surface area (Å²) in [5.41, 5.74) is 0. The molecule has 1 aliphatic heterocycles. The molecule has 0 aromatic rings. The Bertz CT molecular complexity index is 233. The van der Waals surface area contributed by atoms with Crippen LogP contribution in [0, 0.1) is 0 Å². The van der Waals surface area contributed by atoms with Gasteiger partial charge >= 0.3 is 6.09 Å². The highest BCUT2D eigenvalue weighted by molar-refractivity contribution is 6.23. The number of rotatable bonds is 1.